The molecule has 0 saturated heterocycles. The number of anilines is 1. The number of allylic oxidation sites excluding steroid dienone is 2. The number of rotatable bonds is 10. The Morgan fingerprint density at radius 3 is 2.88 bits per heavy atom. The molecule has 0 atom stereocenters. The third kappa shape index (κ3) is 5.20. The maximum Gasteiger partial charge on any atom is 0.212 e. The Hall–Kier alpha value is -3.09. The number of unbranched alkanes of at least 4 members (excludes halogenated alkanes) is 3. The van der Waals surface area contributed by atoms with E-state index in [0.717, 1.165) is 12.8 Å². The van der Waals surface area contributed by atoms with Crippen LogP contribution in [0, 0.1) is 11.4 Å². The van der Waals surface area contributed by atoms with Gasteiger partial charge in [0.15, 0.2) is 5.82 Å². The Bertz CT molecular complexity index is 789. The average molecular weight is 354 g/mol. The lowest BCUT2D eigenvalue weighted by atomic mass is 10.1. The number of halogens is 1. The smallest absolute Gasteiger partial charge is 0.212 e. The molecular formula is C19H23FN6. The quantitative estimate of drug-likeness (QED) is 0.362. The number of hydrogen-bond acceptors (Lipinski definition) is 5. The minimum atomic E-state index is -0.559. The lowest BCUT2D eigenvalue weighted by Crippen LogP contribution is -1.94. The van der Waals surface area contributed by atoms with E-state index >= 15 is 0 Å². The average Bonchev–Trinajstić information content (AvgIpc) is 3.05. The highest BCUT2D eigenvalue weighted by atomic mass is 19.1. The van der Waals surface area contributed by atoms with E-state index in [2.05, 4.69) is 40.1 Å². The van der Waals surface area contributed by atoms with Gasteiger partial charge in [0.1, 0.15) is 5.69 Å². The molecule has 6 nitrogen and oxygen atoms in total. The highest BCUT2D eigenvalue weighted by molar-refractivity contribution is 6.08. The zero-order valence-electron chi connectivity index (χ0n) is 14.8. The Morgan fingerprint density at radius 2 is 2.23 bits per heavy atom. The maximum atomic E-state index is 12.9. The molecule has 136 valence electrons. The summed E-state index contributed by atoms with van der Waals surface area (Å²) in [7, 11) is 0. The normalized spacial score (nSPS) is 11.7. The molecule has 0 aromatic carbocycles. The first-order chi connectivity index (χ1) is 12.7. The van der Waals surface area contributed by atoms with Gasteiger partial charge < -0.3 is 10.7 Å². The highest BCUT2D eigenvalue weighted by Crippen LogP contribution is 2.25. The van der Waals surface area contributed by atoms with Crippen molar-refractivity contribution in [2.24, 2.45) is 4.99 Å². The van der Waals surface area contributed by atoms with Crippen molar-refractivity contribution in [3.8, 4) is 0 Å². The first-order valence-corrected chi connectivity index (χ1v) is 8.49. The molecular weight excluding hydrogens is 331 g/mol. The molecule has 0 saturated carbocycles. The van der Waals surface area contributed by atoms with Gasteiger partial charge in [-0.05, 0) is 31.7 Å². The molecule has 0 fully saturated rings. The van der Waals surface area contributed by atoms with Crippen LogP contribution in [0.1, 0.15) is 38.2 Å². The summed E-state index contributed by atoms with van der Waals surface area (Å²) in [4.78, 5) is 7.63. The van der Waals surface area contributed by atoms with Gasteiger partial charge >= 0.3 is 0 Å². The third-order valence-corrected chi connectivity index (χ3v) is 3.74. The van der Waals surface area contributed by atoms with Crippen LogP contribution in [0.5, 0.6) is 0 Å². The summed E-state index contributed by atoms with van der Waals surface area (Å²) in [5, 5.41) is 14.9. The van der Waals surface area contributed by atoms with E-state index in [4.69, 9.17) is 5.41 Å². The van der Waals surface area contributed by atoms with E-state index in [0.29, 0.717) is 22.6 Å². The monoisotopic (exact) mass is 354 g/mol. The molecule has 0 amide bonds. The topological polar surface area (TPSA) is 79.0 Å². The van der Waals surface area contributed by atoms with Crippen molar-refractivity contribution in [2.45, 2.75) is 32.6 Å². The van der Waals surface area contributed by atoms with E-state index in [-0.39, 0.29) is 0 Å². The van der Waals surface area contributed by atoms with Crippen molar-refractivity contribution in [1.82, 2.24) is 14.8 Å². The molecule has 7 heteroatoms. The van der Waals surface area contributed by atoms with E-state index in [1.165, 1.54) is 31.3 Å². The minimum Gasteiger partial charge on any atom is -0.357 e. The van der Waals surface area contributed by atoms with Gasteiger partial charge in [-0.1, -0.05) is 25.8 Å². The highest BCUT2D eigenvalue weighted by Gasteiger charge is 2.07. The fourth-order valence-electron chi connectivity index (χ4n) is 2.32. The summed E-state index contributed by atoms with van der Waals surface area (Å²) in [5.41, 5.74) is 1.84. The second kappa shape index (κ2) is 10.0. The van der Waals surface area contributed by atoms with Crippen molar-refractivity contribution in [3.05, 3.63) is 48.3 Å². The van der Waals surface area contributed by atoms with Crippen LogP contribution in [0.2, 0.25) is 0 Å². The van der Waals surface area contributed by atoms with Crippen LogP contribution in [0.25, 0.3) is 11.8 Å². The largest absolute Gasteiger partial charge is 0.357 e. The van der Waals surface area contributed by atoms with Crippen molar-refractivity contribution < 1.29 is 4.39 Å². The SMILES string of the molecule is C=Nc1c(N/C=C(\C=N)c2ccc(F)nc2)cnn1/C=C\CCCCC. The Morgan fingerprint density at radius 1 is 1.38 bits per heavy atom. The maximum absolute atomic E-state index is 12.9. The van der Waals surface area contributed by atoms with Crippen LogP contribution >= 0.6 is 0 Å². The summed E-state index contributed by atoms with van der Waals surface area (Å²) in [6.07, 6.45) is 14.3. The molecule has 0 spiro atoms. The van der Waals surface area contributed by atoms with Crippen molar-refractivity contribution in [1.29, 1.82) is 5.41 Å². The molecule has 0 aliphatic heterocycles. The van der Waals surface area contributed by atoms with Gasteiger partial charge in [0.2, 0.25) is 5.95 Å². The fraction of sp³-hybridized carbons (Fsp3) is 0.263. The van der Waals surface area contributed by atoms with Crippen LogP contribution in [0.4, 0.5) is 15.9 Å². The Labute approximate surface area is 152 Å². The fourth-order valence-corrected chi connectivity index (χ4v) is 2.32. The summed E-state index contributed by atoms with van der Waals surface area (Å²) >= 11 is 0. The predicted molar refractivity (Wildman–Crippen MR) is 105 cm³/mol. The van der Waals surface area contributed by atoms with Gasteiger partial charge in [-0.3, -0.25) is 0 Å². The Balaban J connectivity index is 2.12. The van der Waals surface area contributed by atoms with E-state index < -0.39 is 5.95 Å². The van der Waals surface area contributed by atoms with Crippen molar-refractivity contribution >= 4 is 36.2 Å². The number of aromatic nitrogens is 3. The zero-order chi connectivity index (χ0) is 18.8. The molecule has 2 N–H and O–H groups in total. The minimum absolute atomic E-state index is 0.551. The lowest BCUT2D eigenvalue weighted by Gasteiger charge is -2.04. The van der Waals surface area contributed by atoms with Crippen molar-refractivity contribution in [3.63, 3.8) is 0 Å². The molecule has 2 rings (SSSR count). The molecule has 0 aliphatic carbocycles. The molecule has 26 heavy (non-hydrogen) atoms. The number of nitrogens with zero attached hydrogens (tertiary/aromatic N) is 4. The molecule has 0 radical (unpaired) electrons. The van der Waals surface area contributed by atoms with Crippen molar-refractivity contribution in [2.75, 3.05) is 5.32 Å². The van der Waals surface area contributed by atoms with Crippen LogP contribution in [0.15, 0.2) is 41.8 Å². The lowest BCUT2D eigenvalue weighted by molar-refractivity contribution is 0.583. The predicted octanol–water partition coefficient (Wildman–Crippen LogP) is 4.90. The first kappa shape index (κ1) is 19.2. The van der Waals surface area contributed by atoms with E-state index in [9.17, 15) is 4.39 Å². The molecule has 2 heterocycles. The number of hydrogen-bond donors (Lipinski definition) is 2. The van der Waals surface area contributed by atoms with Gasteiger partial charge in [-0.15, -0.1) is 0 Å². The van der Waals surface area contributed by atoms with Gasteiger partial charge in [0, 0.05) is 35.9 Å². The first-order valence-electron chi connectivity index (χ1n) is 8.49. The van der Waals surface area contributed by atoms with Gasteiger partial charge in [-0.2, -0.15) is 9.49 Å². The standard InChI is InChI=1S/C19H23FN6/c1-3-4-5-6-7-10-26-19(22-2)17(14-25-26)23-13-16(11-21)15-8-9-18(20)24-12-15/h7-14,21,23H,2-6H2,1H3/b10-7-,16-13+,21-11?. The summed E-state index contributed by atoms with van der Waals surface area (Å²) < 4.78 is 14.6. The number of pyridine rings is 1. The summed E-state index contributed by atoms with van der Waals surface area (Å²) in [6, 6.07) is 2.82. The molecule has 0 aliphatic rings. The van der Waals surface area contributed by atoms with Gasteiger partial charge in [0.05, 0.1) is 6.20 Å². The van der Waals surface area contributed by atoms with Gasteiger partial charge in [0.25, 0.3) is 0 Å². The number of nitrogens with one attached hydrogen (secondary N) is 2. The summed E-state index contributed by atoms with van der Waals surface area (Å²) in [5.74, 6) is 0.0192. The molecule has 0 bridgehead atoms. The molecule has 2 aromatic rings. The van der Waals surface area contributed by atoms with Gasteiger partial charge in [-0.25, -0.2) is 14.7 Å². The zero-order valence-corrected chi connectivity index (χ0v) is 14.8. The van der Waals surface area contributed by atoms with E-state index in [1.54, 1.807) is 23.1 Å². The molecule has 2 aromatic heterocycles. The van der Waals surface area contributed by atoms with Crippen LogP contribution < -0.4 is 5.32 Å². The van der Waals surface area contributed by atoms with Crippen LogP contribution in [0.3, 0.4) is 0 Å². The number of aliphatic imine (C=N–C) groups is 1. The third-order valence-electron chi connectivity index (χ3n) is 3.74. The summed E-state index contributed by atoms with van der Waals surface area (Å²) in [6.45, 7) is 5.77. The second-order valence-electron chi connectivity index (χ2n) is 5.62. The van der Waals surface area contributed by atoms with Crippen LogP contribution in [-0.4, -0.2) is 27.7 Å². The van der Waals surface area contributed by atoms with E-state index in [1.807, 2.05) is 6.20 Å². The molecule has 0 unspecified atom stereocenters. The second-order valence-corrected chi connectivity index (χ2v) is 5.62. The Kier molecular flexibility index (Phi) is 7.42. The van der Waals surface area contributed by atoms with Crippen LogP contribution in [-0.2, 0) is 0 Å².